The third-order valence-corrected chi connectivity index (χ3v) is 3.64. The Hall–Kier alpha value is -1.80. The highest BCUT2D eigenvalue weighted by Gasteiger charge is 2.13. The number of hydrogen-bond acceptors (Lipinski definition) is 5. The second kappa shape index (κ2) is 6.39. The summed E-state index contributed by atoms with van der Waals surface area (Å²) >= 11 is 0. The highest BCUT2D eigenvalue weighted by atomic mass is 32.2. The SMILES string of the molecule is COCCCS(=O)(=O)Nc1ccc(C(=O)O)c(O)c1. The van der Waals surface area contributed by atoms with Crippen molar-refractivity contribution in [2.45, 2.75) is 6.42 Å². The monoisotopic (exact) mass is 289 g/mol. The molecule has 0 bridgehead atoms. The molecule has 106 valence electrons. The molecule has 1 rings (SSSR count). The molecule has 0 aliphatic heterocycles. The van der Waals surface area contributed by atoms with Crippen LogP contribution in [0.3, 0.4) is 0 Å². The van der Waals surface area contributed by atoms with E-state index in [2.05, 4.69) is 4.72 Å². The van der Waals surface area contributed by atoms with E-state index in [4.69, 9.17) is 9.84 Å². The Kier molecular flexibility index (Phi) is 5.13. The molecule has 0 radical (unpaired) electrons. The van der Waals surface area contributed by atoms with Gasteiger partial charge in [0.1, 0.15) is 11.3 Å². The zero-order valence-corrected chi connectivity index (χ0v) is 11.1. The third kappa shape index (κ3) is 4.76. The van der Waals surface area contributed by atoms with Gasteiger partial charge >= 0.3 is 5.97 Å². The fraction of sp³-hybridized carbons (Fsp3) is 0.364. The largest absolute Gasteiger partial charge is 0.507 e. The quantitative estimate of drug-likeness (QED) is 0.642. The summed E-state index contributed by atoms with van der Waals surface area (Å²) in [6, 6.07) is 3.46. The number of rotatable bonds is 7. The van der Waals surface area contributed by atoms with Gasteiger partial charge in [-0.2, -0.15) is 0 Å². The number of aromatic hydroxyl groups is 1. The van der Waals surface area contributed by atoms with E-state index in [0.29, 0.717) is 13.0 Å². The minimum Gasteiger partial charge on any atom is -0.507 e. The van der Waals surface area contributed by atoms with Crippen LogP contribution in [0, 0.1) is 0 Å². The molecule has 0 aliphatic carbocycles. The molecule has 0 atom stereocenters. The minimum absolute atomic E-state index is 0.111. The summed E-state index contributed by atoms with van der Waals surface area (Å²) in [6.07, 6.45) is 0.338. The number of carbonyl (C=O) groups is 1. The maximum absolute atomic E-state index is 11.6. The van der Waals surface area contributed by atoms with E-state index in [9.17, 15) is 18.3 Å². The Morgan fingerprint density at radius 1 is 1.42 bits per heavy atom. The van der Waals surface area contributed by atoms with Crippen LogP contribution < -0.4 is 4.72 Å². The number of hydrogen-bond donors (Lipinski definition) is 3. The minimum atomic E-state index is -3.55. The predicted molar refractivity (Wildman–Crippen MR) is 69.0 cm³/mol. The molecular weight excluding hydrogens is 274 g/mol. The van der Waals surface area contributed by atoms with E-state index in [-0.39, 0.29) is 17.0 Å². The van der Waals surface area contributed by atoms with Crippen LogP contribution in [0.1, 0.15) is 16.8 Å². The highest BCUT2D eigenvalue weighted by molar-refractivity contribution is 7.92. The number of carboxylic acids is 1. The molecule has 0 amide bonds. The smallest absolute Gasteiger partial charge is 0.339 e. The van der Waals surface area contributed by atoms with Crippen LogP contribution in [0.2, 0.25) is 0 Å². The van der Waals surface area contributed by atoms with Crippen LogP contribution in [0.4, 0.5) is 5.69 Å². The van der Waals surface area contributed by atoms with Crippen molar-refractivity contribution < 1.29 is 28.2 Å². The van der Waals surface area contributed by atoms with E-state index >= 15 is 0 Å². The lowest BCUT2D eigenvalue weighted by Crippen LogP contribution is -2.17. The van der Waals surface area contributed by atoms with Gasteiger partial charge < -0.3 is 14.9 Å². The van der Waals surface area contributed by atoms with Gasteiger partial charge in [-0.05, 0) is 18.6 Å². The summed E-state index contributed by atoms with van der Waals surface area (Å²) in [4.78, 5) is 10.7. The van der Waals surface area contributed by atoms with Gasteiger partial charge in [0, 0.05) is 19.8 Å². The molecule has 0 saturated carbocycles. The maximum atomic E-state index is 11.6. The fourth-order valence-corrected chi connectivity index (χ4v) is 2.49. The number of ether oxygens (including phenoxy) is 1. The van der Waals surface area contributed by atoms with E-state index in [1.807, 2.05) is 0 Å². The molecule has 0 saturated heterocycles. The van der Waals surface area contributed by atoms with Gasteiger partial charge in [0.05, 0.1) is 11.4 Å². The summed E-state index contributed by atoms with van der Waals surface area (Å²) in [7, 11) is -2.07. The summed E-state index contributed by atoms with van der Waals surface area (Å²) in [5.41, 5.74) is -0.178. The lowest BCUT2D eigenvalue weighted by molar-refractivity contribution is 0.0694. The maximum Gasteiger partial charge on any atom is 0.339 e. The van der Waals surface area contributed by atoms with Crippen LogP contribution in [0.25, 0.3) is 0 Å². The number of carboxylic acid groups (broad SMARTS) is 1. The average molecular weight is 289 g/mol. The number of methoxy groups -OCH3 is 1. The molecule has 0 aliphatic rings. The Balaban J connectivity index is 2.77. The molecule has 1 aromatic carbocycles. The van der Waals surface area contributed by atoms with Crippen molar-refractivity contribution in [2.24, 2.45) is 0 Å². The van der Waals surface area contributed by atoms with Crippen molar-refractivity contribution in [3.63, 3.8) is 0 Å². The molecule has 0 heterocycles. The fourth-order valence-electron chi connectivity index (χ4n) is 1.40. The van der Waals surface area contributed by atoms with Gasteiger partial charge in [0.25, 0.3) is 0 Å². The van der Waals surface area contributed by atoms with Gasteiger partial charge in [0.15, 0.2) is 0 Å². The topological polar surface area (TPSA) is 113 Å². The first-order valence-corrected chi connectivity index (χ1v) is 7.06. The van der Waals surface area contributed by atoms with Crippen LogP contribution in [-0.4, -0.2) is 44.1 Å². The number of aromatic carboxylic acids is 1. The van der Waals surface area contributed by atoms with Crippen molar-refractivity contribution in [2.75, 3.05) is 24.2 Å². The first-order valence-electron chi connectivity index (χ1n) is 5.41. The Morgan fingerprint density at radius 3 is 2.63 bits per heavy atom. The van der Waals surface area contributed by atoms with Crippen LogP contribution in [0.15, 0.2) is 18.2 Å². The van der Waals surface area contributed by atoms with Gasteiger partial charge in [-0.25, -0.2) is 13.2 Å². The van der Waals surface area contributed by atoms with E-state index in [0.717, 1.165) is 12.1 Å². The molecule has 0 spiro atoms. The van der Waals surface area contributed by atoms with Crippen LogP contribution in [0.5, 0.6) is 5.75 Å². The van der Waals surface area contributed by atoms with Gasteiger partial charge in [-0.1, -0.05) is 0 Å². The number of benzene rings is 1. The van der Waals surface area contributed by atoms with E-state index < -0.39 is 21.7 Å². The van der Waals surface area contributed by atoms with Gasteiger partial charge in [0.2, 0.25) is 10.0 Å². The summed E-state index contributed by atoms with van der Waals surface area (Å²) in [6.45, 7) is 0.324. The lowest BCUT2D eigenvalue weighted by atomic mass is 10.2. The molecule has 0 unspecified atom stereocenters. The van der Waals surface area contributed by atoms with Crippen molar-refractivity contribution >= 4 is 21.7 Å². The third-order valence-electron chi connectivity index (χ3n) is 2.26. The number of phenols is 1. The van der Waals surface area contributed by atoms with Crippen molar-refractivity contribution in [3.05, 3.63) is 23.8 Å². The number of sulfonamides is 1. The molecule has 19 heavy (non-hydrogen) atoms. The normalized spacial score (nSPS) is 11.2. The second-order valence-electron chi connectivity index (χ2n) is 3.80. The molecule has 1 aromatic rings. The van der Waals surface area contributed by atoms with E-state index in [1.54, 1.807) is 0 Å². The van der Waals surface area contributed by atoms with E-state index in [1.165, 1.54) is 13.2 Å². The highest BCUT2D eigenvalue weighted by Crippen LogP contribution is 2.22. The molecule has 8 heteroatoms. The van der Waals surface area contributed by atoms with Crippen molar-refractivity contribution in [1.29, 1.82) is 0 Å². The first kappa shape index (κ1) is 15.3. The van der Waals surface area contributed by atoms with Gasteiger partial charge in [-0.15, -0.1) is 0 Å². The first-order chi connectivity index (χ1) is 8.85. The zero-order valence-electron chi connectivity index (χ0n) is 10.3. The number of nitrogens with one attached hydrogen (secondary N) is 1. The molecule has 7 nitrogen and oxygen atoms in total. The predicted octanol–water partition coefficient (Wildman–Crippen LogP) is 0.869. The van der Waals surface area contributed by atoms with Crippen LogP contribution in [-0.2, 0) is 14.8 Å². The summed E-state index contributed by atoms with van der Waals surface area (Å²) in [5, 5.41) is 18.2. The molecular formula is C11H15NO6S. The molecule has 3 N–H and O–H groups in total. The summed E-state index contributed by atoms with van der Waals surface area (Å²) in [5.74, 6) is -1.90. The summed E-state index contributed by atoms with van der Waals surface area (Å²) < 4.78 is 30.3. The van der Waals surface area contributed by atoms with Crippen molar-refractivity contribution in [3.8, 4) is 5.75 Å². The lowest BCUT2D eigenvalue weighted by Gasteiger charge is -2.09. The Bertz CT molecular complexity index is 554. The second-order valence-corrected chi connectivity index (χ2v) is 5.65. The Morgan fingerprint density at radius 2 is 2.11 bits per heavy atom. The van der Waals surface area contributed by atoms with Gasteiger partial charge in [-0.3, -0.25) is 4.72 Å². The standard InChI is InChI=1S/C11H15NO6S/c1-18-5-2-6-19(16,17)12-8-3-4-9(11(14)15)10(13)7-8/h3-4,7,12-13H,2,5-6H2,1H3,(H,14,15). The number of anilines is 1. The van der Waals surface area contributed by atoms with Crippen molar-refractivity contribution in [1.82, 2.24) is 0 Å². The average Bonchev–Trinajstić information content (AvgIpc) is 2.28. The molecule has 0 fully saturated rings. The zero-order chi connectivity index (χ0) is 14.5. The Labute approximate surface area is 110 Å². The molecule has 0 aromatic heterocycles. The van der Waals surface area contributed by atoms with Crippen LogP contribution >= 0.6 is 0 Å².